The lowest BCUT2D eigenvalue weighted by Crippen LogP contribution is -2.27. The molecule has 1 amide bonds. The fourth-order valence-corrected chi connectivity index (χ4v) is 3.69. The Morgan fingerprint density at radius 2 is 1.93 bits per heavy atom. The lowest BCUT2D eigenvalue weighted by Gasteiger charge is -2.20. The molecule has 0 radical (unpaired) electrons. The molecule has 7 heteroatoms. The minimum absolute atomic E-state index is 0.186. The summed E-state index contributed by atoms with van der Waals surface area (Å²) in [5, 5.41) is 2.81. The second-order valence-electron chi connectivity index (χ2n) is 7.57. The summed E-state index contributed by atoms with van der Waals surface area (Å²) in [6.07, 6.45) is 2.11. The number of carbonyl (C=O) groups excluding carboxylic acids is 1. The Labute approximate surface area is 173 Å². The van der Waals surface area contributed by atoms with Gasteiger partial charge in [-0.05, 0) is 62.2 Å². The fourth-order valence-electron chi connectivity index (χ4n) is 3.69. The number of aromatic nitrogens is 2. The van der Waals surface area contributed by atoms with E-state index in [2.05, 4.69) is 15.3 Å². The highest BCUT2D eigenvalue weighted by atomic mass is 19.1. The van der Waals surface area contributed by atoms with Gasteiger partial charge in [0.05, 0.1) is 24.4 Å². The molecule has 154 valence electrons. The highest BCUT2D eigenvalue weighted by Gasteiger charge is 2.60. The van der Waals surface area contributed by atoms with Crippen LogP contribution in [-0.2, 0) is 10.2 Å². The minimum atomic E-state index is -0.663. The zero-order chi connectivity index (χ0) is 21.3. The molecule has 0 bridgehead atoms. The molecule has 0 unspecified atom stereocenters. The maximum atomic E-state index is 13.9. The predicted octanol–water partition coefficient (Wildman–Crippen LogP) is 4.35. The first-order valence-corrected chi connectivity index (χ1v) is 9.63. The zero-order valence-corrected chi connectivity index (χ0v) is 16.7. The van der Waals surface area contributed by atoms with Gasteiger partial charge in [-0.2, -0.15) is 0 Å². The molecule has 0 aliphatic heterocycles. The van der Waals surface area contributed by atoms with E-state index in [-0.39, 0.29) is 24.1 Å². The zero-order valence-electron chi connectivity index (χ0n) is 16.7. The number of nitrogens with one attached hydrogen (secondary N) is 1. The monoisotopic (exact) mass is 409 g/mol. The molecule has 2 atom stereocenters. The Morgan fingerprint density at radius 1 is 1.17 bits per heavy atom. The normalized spacial score (nSPS) is 19.9. The molecule has 0 spiro atoms. The van der Waals surface area contributed by atoms with Crippen molar-refractivity contribution >= 4 is 11.6 Å². The summed E-state index contributed by atoms with van der Waals surface area (Å²) in [7, 11) is 0. The summed E-state index contributed by atoms with van der Waals surface area (Å²) >= 11 is 0. The molecular formula is C23H21F2N3O2. The fraction of sp³-hybridized carbons (Fsp3) is 0.261. The van der Waals surface area contributed by atoms with E-state index in [9.17, 15) is 13.6 Å². The molecule has 4 rings (SSSR count). The average Bonchev–Trinajstić information content (AvgIpc) is 3.45. The van der Waals surface area contributed by atoms with Crippen molar-refractivity contribution in [3.05, 3.63) is 83.4 Å². The second-order valence-corrected chi connectivity index (χ2v) is 7.57. The molecular weight excluding hydrogens is 388 g/mol. The summed E-state index contributed by atoms with van der Waals surface area (Å²) in [4.78, 5) is 21.3. The van der Waals surface area contributed by atoms with Gasteiger partial charge in [-0.25, -0.2) is 18.7 Å². The topological polar surface area (TPSA) is 64.1 Å². The molecule has 1 saturated carbocycles. The number of aryl methyl sites for hydroxylation is 2. The maximum absolute atomic E-state index is 13.9. The van der Waals surface area contributed by atoms with Crippen molar-refractivity contribution in [3.63, 3.8) is 0 Å². The quantitative estimate of drug-likeness (QED) is 0.658. The van der Waals surface area contributed by atoms with Crippen molar-refractivity contribution in [2.75, 3.05) is 11.9 Å². The molecule has 2 aromatic carbocycles. The van der Waals surface area contributed by atoms with Crippen LogP contribution in [0.15, 0.2) is 54.7 Å². The molecule has 1 aromatic heterocycles. The van der Waals surface area contributed by atoms with E-state index in [0.29, 0.717) is 34.9 Å². The van der Waals surface area contributed by atoms with Crippen LogP contribution < -0.4 is 10.1 Å². The number of benzene rings is 2. The molecule has 1 heterocycles. The van der Waals surface area contributed by atoms with Gasteiger partial charge < -0.3 is 10.1 Å². The van der Waals surface area contributed by atoms with Crippen molar-refractivity contribution in [1.82, 2.24) is 9.97 Å². The van der Waals surface area contributed by atoms with Gasteiger partial charge in [-0.3, -0.25) is 4.79 Å². The van der Waals surface area contributed by atoms with Crippen molar-refractivity contribution < 1.29 is 18.3 Å². The van der Waals surface area contributed by atoms with E-state index < -0.39 is 11.3 Å². The number of ether oxygens (including phenoxy) is 1. The standard InChI is InChI=1S/C23H21F2N3O2/c1-14-21(12-26-15(2)27-14)30-13-23(16-4-3-5-18(25)10-16)11-20(23)22(29)28-19-8-6-17(24)7-9-19/h3-10,12,20H,11,13H2,1-2H3,(H,28,29)/t20-,23+/m0/s1. The molecule has 1 N–H and O–H groups in total. The van der Waals surface area contributed by atoms with Crippen molar-refractivity contribution in [2.24, 2.45) is 5.92 Å². The molecule has 5 nitrogen and oxygen atoms in total. The lowest BCUT2D eigenvalue weighted by molar-refractivity contribution is -0.117. The van der Waals surface area contributed by atoms with Gasteiger partial charge >= 0.3 is 0 Å². The number of halogens is 2. The lowest BCUT2D eigenvalue weighted by atomic mass is 9.93. The SMILES string of the molecule is Cc1ncc(OC[C@@]2(c3cccc(F)c3)C[C@H]2C(=O)Nc2ccc(F)cc2)c(C)n1. The van der Waals surface area contributed by atoms with Gasteiger partial charge in [0, 0.05) is 11.1 Å². The Morgan fingerprint density at radius 3 is 2.63 bits per heavy atom. The van der Waals surface area contributed by atoms with Crippen LogP contribution in [-0.4, -0.2) is 22.5 Å². The largest absolute Gasteiger partial charge is 0.489 e. The van der Waals surface area contributed by atoms with Crippen LogP contribution in [0.3, 0.4) is 0 Å². The number of hydrogen-bond acceptors (Lipinski definition) is 4. The van der Waals surface area contributed by atoms with Crippen molar-refractivity contribution in [2.45, 2.75) is 25.7 Å². The molecule has 0 saturated heterocycles. The summed E-state index contributed by atoms with van der Waals surface area (Å²) in [5.74, 6) is -0.199. The highest BCUT2D eigenvalue weighted by molar-refractivity contribution is 5.96. The van der Waals surface area contributed by atoms with Crippen LogP contribution in [0.5, 0.6) is 5.75 Å². The van der Waals surface area contributed by atoms with Crippen LogP contribution in [0.2, 0.25) is 0 Å². The first-order valence-electron chi connectivity index (χ1n) is 9.63. The van der Waals surface area contributed by atoms with Crippen LogP contribution in [0.4, 0.5) is 14.5 Å². The molecule has 1 fully saturated rings. The minimum Gasteiger partial charge on any atom is -0.489 e. The average molecular weight is 409 g/mol. The van der Waals surface area contributed by atoms with E-state index in [0.717, 1.165) is 0 Å². The third-order valence-corrected chi connectivity index (χ3v) is 5.44. The van der Waals surface area contributed by atoms with Crippen LogP contribution in [0.25, 0.3) is 0 Å². The van der Waals surface area contributed by atoms with Gasteiger partial charge in [0.15, 0.2) is 5.75 Å². The maximum Gasteiger partial charge on any atom is 0.228 e. The summed E-state index contributed by atoms with van der Waals surface area (Å²) in [6, 6.07) is 11.8. The highest BCUT2D eigenvalue weighted by Crippen LogP contribution is 2.55. The molecule has 3 aromatic rings. The van der Waals surface area contributed by atoms with Gasteiger partial charge in [0.2, 0.25) is 5.91 Å². The first kappa shape index (κ1) is 19.9. The molecule has 30 heavy (non-hydrogen) atoms. The molecule has 1 aliphatic carbocycles. The van der Waals surface area contributed by atoms with Gasteiger partial charge in [0.1, 0.15) is 17.5 Å². The Balaban J connectivity index is 1.56. The Kier molecular flexibility index (Phi) is 5.20. The van der Waals surface area contributed by atoms with E-state index in [1.165, 1.54) is 36.4 Å². The number of hydrogen-bond donors (Lipinski definition) is 1. The smallest absolute Gasteiger partial charge is 0.228 e. The summed E-state index contributed by atoms with van der Waals surface area (Å²) in [6.45, 7) is 3.80. The summed E-state index contributed by atoms with van der Waals surface area (Å²) in [5.41, 5.74) is 1.24. The van der Waals surface area contributed by atoms with E-state index in [4.69, 9.17) is 4.74 Å². The predicted molar refractivity (Wildman–Crippen MR) is 108 cm³/mol. The van der Waals surface area contributed by atoms with Crippen LogP contribution >= 0.6 is 0 Å². The Bertz CT molecular complexity index is 1090. The second kappa shape index (κ2) is 7.82. The number of carbonyl (C=O) groups is 1. The van der Waals surface area contributed by atoms with Gasteiger partial charge in [0.25, 0.3) is 0 Å². The van der Waals surface area contributed by atoms with Crippen LogP contribution in [0.1, 0.15) is 23.5 Å². The van der Waals surface area contributed by atoms with Crippen LogP contribution in [0, 0.1) is 31.4 Å². The Hall–Kier alpha value is -3.35. The van der Waals surface area contributed by atoms with Crippen molar-refractivity contribution in [3.8, 4) is 5.75 Å². The first-order chi connectivity index (χ1) is 14.4. The molecule has 1 aliphatic rings. The third-order valence-electron chi connectivity index (χ3n) is 5.44. The van der Waals surface area contributed by atoms with Crippen molar-refractivity contribution in [1.29, 1.82) is 0 Å². The van der Waals surface area contributed by atoms with E-state index in [1.807, 2.05) is 6.92 Å². The number of nitrogens with zero attached hydrogens (tertiary/aromatic N) is 2. The number of anilines is 1. The van der Waals surface area contributed by atoms with E-state index >= 15 is 0 Å². The summed E-state index contributed by atoms with van der Waals surface area (Å²) < 4.78 is 33.0. The van der Waals surface area contributed by atoms with Gasteiger partial charge in [-0.1, -0.05) is 12.1 Å². The van der Waals surface area contributed by atoms with E-state index in [1.54, 1.807) is 25.3 Å². The third kappa shape index (κ3) is 4.01. The number of amides is 1. The van der Waals surface area contributed by atoms with Gasteiger partial charge in [-0.15, -0.1) is 0 Å². The number of rotatable bonds is 6.